The van der Waals surface area contributed by atoms with E-state index in [0.717, 1.165) is 0 Å². The van der Waals surface area contributed by atoms with Gasteiger partial charge in [0.05, 0.1) is 29.0 Å². The topological polar surface area (TPSA) is 59.4 Å². The van der Waals surface area contributed by atoms with E-state index in [1.54, 1.807) is 40.2 Å². The first-order chi connectivity index (χ1) is 11.4. The van der Waals surface area contributed by atoms with Crippen LogP contribution in [0.25, 0.3) is 5.69 Å². The molecular weight excluding hydrogens is 328 g/mol. The third-order valence-electron chi connectivity index (χ3n) is 3.82. The number of rotatable bonds is 2. The lowest BCUT2D eigenvalue weighted by molar-refractivity contribution is -0.116. The summed E-state index contributed by atoms with van der Waals surface area (Å²) in [5, 5.41) is 7.68. The molecule has 0 radical (unpaired) electrons. The van der Waals surface area contributed by atoms with Crippen molar-refractivity contribution in [2.24, 2.45) is 0 Å². The van der Waals surface area contributed by atoms with Crippen LogP contribution in [0.15, 0.2) is 36.7 Å². The smallest absolute Gasteiger partial charge is 0.322 e. The normalized spacial score (nSPS) is 20.0. The molecule has 2 amide bonds. The highest BCUT2D eigenvalue weighted by Crippen LogP contribution is 2.29. The fourth-order valence-corrected chi connectivity index (χ4v) is 3.31. The number of nitrogens with one attached hydrogen (secondary N) is 1. The predicted octanol–water partition coefficient (Wildman–Crippen LogP) is 3.56. The molecule has 0 aliphatic carbocycles. The maximum Gasteiger partial charge on any atom is 0.322 e. The molecular formula is C17H21ClN4O2. The minimum Gasteiger partial charge on any atom is -0.369 e. The Kier molecular flexibility index (Phi) is 4.51. The van der Waals surface area contributed by atoms with Crippen LogP contribution in [-0.2, 0) is 4.74 Å². The van der Waals surface area contributed by atoms with Crippen LogP contribution in [0.5, 0.6) is 0 Å². The second kappa shape index (κ2) is 6.45. The third kappa shape index (κ3) is 3.55. The highest BCUT2D eigenvalue weighted by atomic mass is 35.5. The minimum absolute atomic E-state index is 0.00977. The number of morpholine rings is 1. The molecule has 0 bridgehead atoms. The van der Waals surface area contributed by atoms with Crippen LogP contribution < -0.4 is 5.32 Å². The molecule has 0 spiro atoms. The van der Waals surface area contributed by atoms with E-state index < -0.39 is 0 Å². The number of carbonyl (C=O) groups excluding carboxylic acids is 1. The van der Waals surface area contributed by atoms with Gasteiger partial charge in [-0.15, -0.1) is 0 Å². The van der Waals surface area contributed by atoms with Crippen molar-refractivity contribution in [3.8, 4) is 5.69 Å². The summed E-state index contributed by atoms with van der Waals surface area (Å²) in [6, 6.07) is 7.02. The van der Waals surface area contributed by atoms with Crippen molar-refractivity contribution in [2.75, 3.05) is 18.4 Å². The molecule has 1 aliphatic rings. The average Bonchev–Trinajstić information content (AvgIpc) is 2.99. The molecule has 1 fully saturated rings. The number of nitrogens with zero attached hydrogens (tertiary/aromatic N) is 3. The van der Waals surface area contributed by atoms with Gasteiger partial charge in [0.1, 0.15) is 5.69 Å². The molecule has 2 heterocycles. The molecule has 6 nitrogen and oxygen atoms in total. The number of benzene rings is 1. The number of para-hydroxylation sites is 1. The number of ether oxygens (including phenoxy) is 1. The van der Waals surface area contributed by atoms with Crippen molar-refractivity contribution in [2.45, 2.75) is 32.5 Å². The molecule has 1 aliphatic heterocycles. The van der Waals surface area contributed by atoms with E-state index in [0.29, 0.717) is 29.5 Å². The van der Waals surface area contributed by atoms with Gasteiger partial charge in [-0.2, -0.15) is 5.10 Å². The Balaban J connectivity index is 1.84. The van der Waals surface area contributed by atoms with Crippen molar-refractivity contribution in [3.63, 3.8) is 0 Å². The first-order valence-corrected chi connectivity index (χ1v) is 8.26. The summed E-state index contributed by atoms with van der Waals surface area (Å²) in [6.07, 6.45) is 3.45. The summed E-state index contributed by atoms with van der Waals surface area (Å²) in [7, 11) is 0. The average molecular weight is 349 g/mol. The molecule has 128 valence electrons. The zero-order valence-electron chi connectivity index (χ0n) is 14.0. The molecule has 1 saturated heterocycles. The Morgan fingerprint density at radius 1 is 1.42 bits per heavy atom. The van der Waals surface area contributed by atoms with Crippen LogP contribution in [0.4, 0.5) is 10.5 Å². The predicted molar refractivity (Wildman–Crippen MR) is 93.8 cm³/mol. The fourth-order valence-electron chi connectivity index (χ4n) is 3.05. The van der Waals surface area contributed by atoms with Crippen LogP contribution in [0, 0.1) is 0 Å². The maximum absolute atomic E-state index is 12.7. The molecule has 0 saturated carbocycles. The van der Waals surface area contributed by atoms with Gasteiger partial charge in [-0.3, -0.25) is 0 Å². The highest BCUT2D eigenvalue weighted by molar-refractivity contribution is 6.33. The van der Waals surface area contributed by atoms with Crippen LogP contribution in [0.2, 0.25) is 5.02 Å². The molecule has 2 aromatic rings. The quantitative estimate of drug-likeness (QED) is 0.902. The molecule has 7 heteroatoms. The lowest BCUT2D eigenvalue weighted by Gasteiger charge is -2.41. The van der Waals surface area contributed by atoms with Gasteiger partial charge in [0.25, 0.3) is 0 Å². The zero-order valence-corrected chi connectivity index (χ0v) is 14.7. The first-order valence-electron chi connectivity index (χ1n) is 7.88. The van der Waals surface area contributed by atoms with E-state index >= 15 is 0 Å². The largest absolute Gasteiger partial charge is 0.369 e. The number of halogens is 1. The Labute approximate surface area is 146 Å². The number of carbonyl (C=O) groups is 1. The number of urea groups is 1. The number of aromatic nitrogens is 2. The van der Waals surface area contributed by atoms with Crippen molar-refractivity contribution in [1.29, 1.82) is 0 Å². The summed E-state index contributed by atoms with van der Waals surface area (Å²) in [6.45, 7) is 7.01. The monoisotopic (exact) mass is 348 g/mol. The maximum atomic E-state index is 12.7. The van der Waals surface area contributed by atoms with Gasteiger partial charge in [0.2, 0.25) is 0 Å². The lowest BCUT2D eigenvalue weighted by atomic mass is 10.1. The second-order valence-electron chi connectivity index (χ2n) is 6.59. The van der Waals surface area contributed by atoms with Crippen LogP contribution in [0.3, 0.4) is 0 Å². The van der Waals surface area contributed by atoms with Crippen LogP contribution >= 0.6 is 11.6 Å². The molecule has 1 N–H and O–H groups in total. The summed E-state index contributed by atoms with van der Waals surface area (Å²) in [4.78, 5) is 14.5. The van der Waals surface area contributed by atoms with Gasteiger partial charge in [0.15, 0.2) is 0 Å². The summed E-state index contributed by atoms with van der Waals surface area (Å²) < 4.78 is 7.49. The van der Waals surface area contributed by atoms with E-state index in [1.165, 1.54) is 0 Å². The minimum atomic E-state index is -0.367. The Morgan fingerprint density at radius 2 is 2.21 bits per heavy atom. The number of hydrogen-bond acceptors (Lipinski definition) is 3. The van der Waals surface area contributed by atoms with Crippen molar-refractivity contribution < 1.29 is 9.53 Å². The molecule has 3 rings (SSSR count). The highest BCUT2D eigenvalue weighted by Gasteiger charge is 2.34. The second-order valence-corrected chi connectivity index (χ2v) is 6.99. The van der Waals surface area contributed by atoms with Crippen molar-refractivity contribution in [3.05, 3.63) is 41.7 Å². The first kappa shape index (κ1) is 16.8. The molecule has 1 aromatic heterocycles. The van der Waals surface area contributed by atoms with Crippen LogP contribution in [-0.4, -0.2) is 45.5 Å². The summed E-state index contributed by atoms with van der Waals surface area (Å²) in [5.74, 6) is 0. The Hall–Kier alpha value is -2.05. The summed E-state index contributed by atoms with van der Waals surface area (Å²) >= 11 is 6.31. The van der Waals surface area contributed by atoms with Gasteiger partial charge in [-0.05, 0) is 39.0 Å². The van der Waals surface area contributed by atoms with Crippen molar-refractivity contribution >= 4 is 23.3 Å². The van der Waals surface area contributed by atoms with E-state index in [2.05, 4.69) is 10.4 Å². The standard InChI is InChI=1S/C17H21ClN4O2/c1-12-10-21(11-17(2,3)24-12)16(23)20-14-7-4-6-13(18)15(14)22-9-5-8-19-22/h4-9,12H,10-11H2,1-3H3,(H,20,23). The fraction of sp³-hybridized carbons (Fsp3) is 0.412. The zero-order chi connectivity index (χ0) is 17.3. The van der Waals surface area contributed by atoms with E-state index in [4.69, 9.17) is 16.3 Å². The van der Waals surface area contributed by atoms with Gasteiger partial charge in [-0.25, -0.2) is 9.48 Å². The SMILES string of the molecule is CC1CN(C(=O)Nc2cccc(Cl)c2-n2cccn2)CC(C)(C)O1. The Morgan fingerprint density at radius 3 is 2.88 bits per heavy atom. The molecule has 1 atom stereocenters. The molecule has 1 unspecified atom stereocenters. The van der Waals surface area contributed by atoms with Gasteiger partial charge in [0, 0.05) is 18.9 Å². The van der Waals surface area contributed by atoms with E-state index in [-0.39, 0.29) is 17.7 Å². The van der Waals surface area contributed by atoms with Crippen LogP contribution in [0.1, 0.15) is 20.8 Å². The van der Waals surface area contributed by atoms with Gasteiger partial charge >= 0.3 is 6.03 Å². The summed E-state index contributed by atoms with van der Waals surface area (Å²) in [5.41, 5.74) is 0.903. The number of anilines is 1. The van der Waals surface area contributed by atoms with Gasteiger partial charge in [-0.1, -0.05) is 17.7 Å². The third-order valence-corrected chi connectivity index (χ3v) is 4.12. The van der Waals surface area contributed by atoms with Crippen molar-refractivity contribution in [1.82, 2.24) is 14.7 Å². The molecule has 24 heavy (non-hydrogen) atoms. The van der Waals surface area contributed by atoms with E-state index in [9.17, 15) is 4.79 Å². The van der Waals surface area contributed by atoms with Gasteiger partial charge < -0.3 is 15.0 Å². The van der Waals surface area contributed by atoms with E-state index in [1.807, 2.05) is 26.8 Å². The number of amides is 2. The number of hydrogen-bond donors (Lipinski definition) is 1. The Bertz CT molecular complexity index is 730. The molecule has 1 aromatic carbocycles. The lowest BCUT2D eigenvalue weighted by Crippen LogP contribution is -2.54.